The van der Waals surface area contributed by atoms with E-state index in [4.69, 9.17) is 5.73 Å². The van der Waals surface area contributed by atoms with Crippen LogP contribution in [0.1, 0.15) is 46.3 Å². The number of amides is 2. The first-order valence-electron chi connectivity index (χ1n) is 9.58. The van der Waals surface area contributed by atoms with E-state index < -0.39 is 5.91 Å². The van der Waals surface area contributed by atoms with E-state index in [2.05, 4.69) is 29.1 Å². The van der Waals surface area contributed by atoms with Crippen LogP contribution in [0.25, 0.3) is 16.9 Å². The Morgan fingerprint density at radius 1 is 1.03 bits per heavy atom. The van der Waals surface area contributed by atoms with Gasteiger partial charge in [0.2, 0.25) is 0 Å². The lowest BCUT2D eigenvalue weighted by molar-refractivity contribution is 0.0993. The molecule has 2 aromatic carbocycles. The highest BCUT2D eigenvalue weighted by Crippen LogP contribution is 2.23. The number of nitrogens with zero attached hydrogens (tertiary/aromatic N) is 3. The van der Waals surface area contributed by atoms with E-state index in [1.807, 2.05) is 54.6 Å². The fourth-order valence-electron chi connectivity index (χ4n) is 3.24. The molecule has 0 fully saturated rings. The van der Waals surface area contributed by atoms with E-state index in [1.165, 1.54) is 11.9 Å². The molecule has 0 aliphatic rings. The fourth-order valence-corrected chi connectivity index (χ4v) is 3.24. The van der Waals surface area contributed by atoms with Crippen molar-refractivity contribution in [2.24, 2.45) is 5.73 Å². The number of carbonyl (C=O) groups excluding carboxylic acids is 2. The smallest absolute Gasteiger partial charge is 0.274 e. The fraction of sp³-hybridized carbons (Fsp3) is 0.130. The highest BCUT2D eigenvalue weighted by atomic mass is 16.2. The maximum atomic E-state index is 12.9. The number of carbonyl (C=O) groups is 2. The van der Waals surface area contributed by atoms with Gasteiger partial charge >= 0.3 is 0 Å². The largest absolute Gasteiger partial charge is 0.364 e. The van der Waals surface area contributed by atoms with E-state index in [9.17, 15) is 9.59 Å². The number of anilines is 1. The Kier molecular flexibility index (Phi) is 5.02. The van der Waals surface area contributed by atoms with Crippen molar-refractivity contribution in [2.45, 2.75) is 19.8 Å². The summed E-state index contributed by atoms with van der Waals surface area (Å²) >= 11 is 0. The molecule has 0 bridgehead atoms. The summed E-state index contributed by atoms with van der Waals surface area (Å²) in [5, 5.41) is 2.86. The number of fused-ring (bicyclic) bond motifs is 1. The average molecular weight is 399 g/mol. The Morgan fingerprint density at radius 2 is 1.73 bits per heavy atom. The first kappa shape index (κ1) is 19.3. The molecule has 7 heteroatoms. The van der Waals surface area contributed by atoms with Gasteiger partial charge in [-0.2, -0.15) is 0 Å². The predicted octanol–water partition coefficient (Wildman–Crippen LogP) is 3.87. The summed E-state index contributed by atoms with van der Waals surface area (Å²) in [6.45, 7) is 4.22. The van der Waals surface area contributed by atoms with Gasteiger partial charge in [-0.3, -0.25) is 14.0 Å². The van der Waals surface area contributed by atoms with Gasteiger partial charge in [0.25, 0.3) is 11.8 Å². The van der Waals surface area contributed by atoms with Crippen LogP contribution in [0.5, 0.6) is 0 Å². The molecule has 0 unspecified atom stereocenters. The molecule has 0 aliphatic carbocycles. The summed E-state index contributed by atoms with van der Waals surface area (Å²) < 4.78 is 1.66. The summed E-state index contributed by atoms with van der Waals surface area (Å²) in [7, 11) is 0. The number of imidazole rings is 1. The molecule has 4 aromatic rings. The van der Waals surface area contributed by atoms with E-state index in [-0.39, 0.29) is 22.9 Å². The van der Waals surface area contributed by atoms with Crippen molar-refractivity contribution in [1.29, 1.82) is 0 Å². The van der Waals surface area contributed by atoms with Crippen LogP contribution in [0, 0.1) is 0 Å². The van der Waals surface area contributed by atoms with Crippen LogP contribution >= 0.6 is 0 Å². The molecule has 2 heterocycles. The monoisotopic (exact) mass is 399 g/mol. The summed E-state index contributed by atoms with van der Waals surface area (Å²) in [5.74, 6) is -0.684. The zero-order chi connectivity index (χ0) is 21.3. The molecule has 0 saturated carbocycles. The molecule has 150 valence electrons. The highest BCUT2D eigenvalue weighted by Gasteiger charge is 2.19. The van der Waals surface area contributed by atoms with Gasteiger partial charge in [0.1, 0.15) is 12.0 Å². The molecular weight excluding hydrogens is 378 g/mol. The summed E-state index contributed by atoms with van der Waals surface area (Å²) in [6.07, 6.45) is 1.48. The zero-order valence-corrected chi connectivity index (χ0v) is 16.7. The molecular formula is C23H21N5O2. The van der Waals surface area contributed by atoms with Crippen molar-refractivity contribution in [3.8, 4) is 11.3 Å². The number of benzene rings is 2. The number of nitrogens with one attached hydrogen (secondary N) is 1. The van der Waals surface area contributed by atoms with Crippen LogP contribution in [-0.4, -0.2) is 26.2 Å². The lowest BCUT2D eigenvalue weighted by Gasteiger charge is -2.11. The van der Waals surface area contributed by atoms with Gasteiger partial charge in [0, 0.05) is 5.69 Å². The van der Waals surface area contributed by atoms with Crippen molar-refractivity contribution in [1.82, 2.24) is 14.4 Å². The van der Waals surface area contributed by atoms with Gasteiger partial charge in [-0.05, 0) is 35.2 Å². The number of rotatable bonds is 5. The second-order valence-electron chi connectivity index (χ2n) is 7.27. The molecule has 4 rings (SSSR count). The van der Waals surface area contributed by atoms with E-state index in [0.29, 0.717) is 17.3 Å². The minimum absolute atomic E-state index is 0.0168. The van der Waals surface area contributed by atoms with Gasteiger partial charge in [0.05, 0.1) is 5.69 Å². The lowest BCUT2D eigenvalue weighted by Crippen LogP contribution is -2.17. The van der Waals surface area contributed by atoms with E-state index in [0.717, 1.165) is 5.56 Å². The van der Waals surface area contributed by atoms with Gasteiger partial charge in [0.15, 0.2) is 11.3 Å². The molecule has 7 nitrogen and oxygen atoms in total. The minimum Gasteiger partial charge on any atom is -0.364 e. The van der Waals surface area contributed by atoms with Crippen molar-refractivity contribution in [3.63, 3.8) is 0 Å². The molecule has 0 spiro atoms. The quantitative estimate of drug-likeness (QED) is 0.532. The lowest BCUT2D eigenvalue weighted by atomic mass is 10.0. The maximum absolute atomic E-state index is 12.9. The van der Waals surface area contributed by atoms with Crippen LogP contribution in [0.3, 0.4) is 0 Å². The number of hydrogen-bond donors (Lipinski definition) is 2. The zero-order valence-electron chi connectivity index (χ0n) is 16.7. The summed E-state index contributed by atoms with van der Waals surface area (Å²) in [4.78, 5) is 33.2. The van der Waals surface area contributed by atoms with Gasteiger partial charge in [-0.25, -0.2) is 9.97 Å². The Balaban J connectivity index is 1.77. The molecule has 0 radical (unpaired) electrons. The van der Waals surface area contributed by atoms with Crippen LogP contribution < -0.4 is 11.1 Å². The third-order valence-corrected chi connectivity index (χ3v) is 4.87. The van der Waals surface area contributed by atoms with Crippen molar-refractivity contribution in [2.75, 3.05) is 5.32 Å². The number of hydrogen-bond acceptors (Lipinski definition) is 4. The molecule has 0 aliphatic heterocycles. The van der Waals surface area contributed by atoms with Crippen LogP contribution in [0.15, 0.2) is 67.0 Å². The Hall–Kier alpha value is -4.00. The molecule has 2 amide bonds. The molecule has 2 aromatic heterocycles. The second kappa shape index (κ2) is 7.79. The summed E-state index contributed by atoms with van der Waals surface area (Å²) in [6, 6.07) is 18.9. The number of primary amides is 1. The highest BCUT2D eigenvalue weighted by molar-refractivity contribution is 6.04. The Labute approximate surface area is 173 Å². The number of nitrogens with two attached hydrogens (primary N) is 1. The minimum atomic E-state index is -0.703. The van der Waals surface area contributed by atoms with Crippen LogP contribution in [0.2, 0.25) is 0 Å². The normalized spacial score (nSPS) is 11.0. The summed E-state index contributed by atoms with van der Waals surface area (Å²) in [5.41, 5.74) is 9.25. The molecule has 30 heavy (non-hydrogen) atoms. The SMILES string of the molecule is CC(C)c1ccc(NC(=O)c2cc(-c3ccccc3)n3cnc(C(N)=O)c3n2)cc1. The van der Waals surface area contributed by atoms with Crippen LogP contribution in [-0.2, 0) is 0 Å². The van der Waals surface area contributed by atoms with Gasteiger partial charge < -0.3 is 11.1 Å². The maximum Gasteiger partial charge on any atom is 0.274 e. The third kappa shape index (κ3) is 3.65. The second-order valence-corrected chi connectivity index (χ2v) is 7.27. The molecule has 0 saturated heterocycles. The van der Waals surface area contributed by atoms with Crippen molar-refractivity contribution < 1.29 is 9.59 Å². The first-order valence-corrected chi connectivity index (χ1v) is 9.58. The third-order valence-electron chi connectivity index (χ3n) is 4.87. The van der Waals surface area contributed by atoms with Gasteiger partial charge in [-0.15, -0.1) is 0 Å². The van der Waals surface area contributed by atoms with Crippen LogP contribution in [0.4, 0.5) is 5.69 Å². The van der Waals surface area contributed by atoms with Crippen molar-refractivity contribution >= 4 is 23.1 Å². The molecule has 0 atom stereocenters. The van der Waals surface area contributed by atoms with E-state index >= 15 is 0 Å². The first-order chi connectivity index (χ1) is 14.4. The Bertz CT molecular complexity index is 1230. The average Bonchev–Trinajstić information content (AvgIpc) is 3.18. The standard InChI is InChI=1S/C23H21N5O2/c1-14(2)15-8-10-17(11-9-15)26-23(30)18-12-19(16-6-4-3-5-7-16)28-13-25-20(21(24)29)22(28)27-18/h3-14H,1-2H3,(H2,24,29)(H,26,30). The van der Waals surface area contributed by atoms with Gasteiger partial charge in [-0.1, -0.05) is 56.3 Å². The van der Waals surface area contributed by atoms with Crippen molar-refractivity contribution in [3.05, 3.63) is 83.9 Å². The predicted molar refractivity (Wildman–Crippen MR) is 115 cm³/mol. The van der Waals surface area contributed by atoms with E-state index in [1.54, 1.807) is 10.5 Å². The molecule has 3 N–H and O–H groups in total. The topological polar surface area (TPSA) is 102 Å². The number of aromatic nitrogens is 3. The Morgan fingerprint density at radius 3 is 2.37 bits per heavy atom.